The number of benzene rings is 1. The highest BCUT2D eigenvalue weighted by atomic mass is 32.2. The standard InChI is InChI=1S/C13H16N2O2S/c1-15-11-6-4-3-5-9(11)12(16)14-10(13(15)17)7-8-18-2/h3-6,10H,7-8H2,1-2H3,(H,14,16)/t10-/m0/s1. The molecule has 0 radical (unpaired) electrons. The zero-order valence-corrected chi connectivity index (χ0v) is 11.3. The van der Waals surface area contributed by atoms with Crippen LogP contribution in [0.2, 0.25) is 0 Å². The summed E-state index contributed by atoms with van der Waals surface area (Å²) in [6.07, 6.45) is 2.64. The van der Waals surface area contributed by atoms with Gasteiger partial charge < -0.3 is 10.2 Å². The number of hydrogen-bond acceptors (Lipinski definition) is 3. The average Bonchev–Trinajstić information content (AvgIpc) is 2.49. The summed E-state index contributed by atoms with van der Waals surface area (Å²) >= 11 is 1.67. The molecule has 1 aliphatic heterocycles. The molecule has 0 saturated carbocycles. The second kappa shape index (κ2) is 5.44. The van der Waals surface area contributed by atoms with E-state index in [1.54, 1.807) is 41.9 Å². The molecule has 1 aromatic rings. The summed E-state index contributed by atoms with van der Waals surface area (Å²) in [4.78, 5) is 25.9. The lowest BCUT2D eigenvalue weighted by Gasteiger charge is -2.20. The third-order valence-corrected chi connectivity index (χ3v) is 3.70. The summed E-state index contributed by atoms with van der Waals surface area (Å²) < 4.78 is 0. The Morgan fingerprint density at radius 3 is 2.78 bits per heavy atom. The molecule has 1 aliphatic rings. The Morgan fingerprint density at radius 2 is 2.06 bits per heavy atom. The van der Waals surface area contributed by atoms with E-state index in [0.717, 1.165) is 5.75 Å². The van der Waals surface area contributed by atoms with Crippen LogP contribution in [0.3, 0.4) is 0 Å². The van der Waals surface area contributed by atoms with Crippen molar-refractivity contribution in [3.05, 3.63) is 29.8 Å². The molecular weight excluding hydrogens is 248 g/mol. The minimum Gasteiger partial charge on any atom is -0.340 e. The van der Waals surface area contributed by atoms with Gasteiger partial charge in [0.05, 0.1) is 11.3 Å². The molecule has 0 bridgehead atoms. The Balaban J connectivity index is 2.32. The molecule has 1 atom stereocenters. The first-order valence-electron chi connectivity index (χ1n) is 5.81. The van der Waals surface area contributed by atoms with Crippen LogP contribution in [0.15, 0.2) is 24.3 Å². The van der Waals surface area contributed by atoms with Crippen molar-refractivity contribution in [2.24, 2.45) is 0 Å². The smallest absolute Gasteiger partial charge is 0.254 e. The van der Waals surface area contributed by atoms with E-state index < -0.39 is 6.04 Å². The second-order valence-electron chi connectivity index (χ2n) is 4.22. The molecule has 96 valence electrons. The zero-order chi connectivity index (χ0) is 13.1. The van der Waals surface area contributed by atoms with E-state index in [2.05, 4.69) is 5.32 Å². The van der Waals surface area contributed by atoms with Gasteiger partial charge in [-0.05, 0) is 30.6 Å². The lowest BCUT2D eigenvalue weighted by molar-refractivity contribution is -0.120. The van der Waals surface area contributed by atoms with Gasteiger partial charge in [-0.15, -0.1) is 0 Å². The maximum atomic E-state index is 12.3. The van der Waals surface area contributed by atoms with Gasteiger partial charge in [-0.3, -0.25) is 9.59 Å². The van der Waals surface area contributed by atoms with Gasteiger partial charge in [0.1, 0.15) is 6.04 Å². The van der Waals surface area contributed by atoms with E-state index in [9.17, 15) is 9.59 Å². The summed E-state index contributed by atoms with van der Waals surface area (Å²) in [6, 6.07) is 6.74. The normalized spacial score (nSPS) is 19.2. The summed E-state index contributed by atoms with van der Waals surface area (Å²) in [5.41, 5.74) is 1.23. The van der Waals surface area contributed by atoms with Crippen molar-refractivity contribution in [2.45, 2.75) is 12.5 Å². The Kier molecular flexibility index (Phi) is 3.91. The van der Waals surface area contributed by atoms with Crippen LogP contribution < -0.4 is 10.2 Å². The van der Waals surface area contributed by atoms with Crippen LogP contribution >= 0.6 is 11.8 Å². The van der Waals surface area contributed by atoms with Gasteiger partial charge in [-0.2, -0.15) is 11.8 Å². The van der Waals surface area contributed by atoms with Crippen molar-refractivity contribution in [1.29, 1.82) is 0 Å². The fraction of sp³-hybridized carbons (Fsp3) is 0.385. The van der Waals surface area contributed by atoms with Crippen molar-refractivity contribution in [3.8, 4) is 0 Å². The average molecular weight is 264 g/mol. The Hall–Kier alpha value is -1.49. The highest BCUT2D eigenvalue weighted by Crippen LogP contribution is 2.23. The van der Waals surface area contributed by atoms with E-state index in [-0.39, 0.29) is 11.8 Å². The lowest BCUT2D eigenvalue weighted by atomic mass is 10.1. The van der Waals surface area contributed by atoms with Crippen LogP contribution in [0.1, 0.15) is 16.8 Å². The lowest BCUT2D eigenvalue weighted by Crippen LogP contribution is -2.44. The first kappa shape index (κ1) is 13.0. The Labute approximate surface area is 111 Å². The number of amides is 2. The van der Waals surface area contributed by atoms with Crippen molar-refractivity contribution >= 4 is 29.3 Å². The van der Waals surface area contributed by atoms with Crippen LogP contribution in [0.4, 0.5) is 5.69 Å². The first-order chi connectivity index (χ1) is 8.65. The second-order valence-corrected chi connectivity index (χ2v) is 5.21. The van der Waals surface area contributed by atoms with Gasteiger partial charge in [-0.25, -0.2) is 0 Å². The van der Waals surface area contributed by atoms with Gasteiger partial charge in [0.25, 0.3) is 5.91 Å². The number of hydrogen-bond donors (Lipinski definition) is 1. The van der Waals surface area contributed by atoms with Crippen LogP contribution in [-0.4, -0.2) is 36.9 Å². The molecule has 0 spiro atoms. The molecule has 0 saturated heterocycles. The number of nitrogens with zero attached hydrogens (tertiary/aromatic N) is 1. The highest BCUT2D eigenvalue weighted by Gasteiger charge is 2.30. The predicted molar refractivity (Wildman–Crippen MR) is 74.1 cm³/mol. The monoisotopic (exact) mass is 264 g/mol. The fourth-order valence-electron chi connectivity index (χ4n) is 2.04. The quantitative estimate of drug-likeness (QED) is 0.900. The third kappa shape index (κ3) is 2.36. The number of para-hydroxylation sites is 1. The molecule has 2 amide bonds. The number of likely N-dealkylation sites (N-methyl/N-ethyl adjacent to an activating group) is 1. The van der Waals surface area contributed by atoms with E-state index >= 15 is 0 Å². The van der Waals surface area contributed by atoms with Crippen LogP contribution in [0.25, 0.3) is 0 Å². The van der Waals surface area contributed by atoms with E-state index in [1.807, 2.05) is 12.3 Å². The molecule has 4 nitrogen and oxygen atoms in total. The number of fused-ring (bicyclic) bond motifs is 1. The summed E-state index contributed by atoms with van der Waals surface area (Å²) in [7, 11) is 1.72. The number of carbonyl (C=O) groups is 2. The molecular formula is C13H16N2O2S. The predicted octanol–water partition coefficient (Wildman–Crippen LogP) is 1.51. The van der Waals surface area contributed by atoms with E-state index in [0.29, 0.717) is 17.7 Å². The van der Waals surface area contributed by atoms with Gasteiger partial charge in [0.2, 0.25) is 5.91 Å². The van der Waals surface area contributed by atoms with Crippen molar-refractivity contribution < 1.29 is 9.59 Å². The first-order valence-corrected chi connectivity index (χ1v) is 7.21. The summed E-state index contributed by atoms with van der Waals surface area (Å²) in [5, 5.41) is 2.81. The Morgan fingerprint density at radius 1 is 1.33 bits per heavy atom. The molecule has 0 fully saturated rings. The molecule has 18 heavy (non-hydrogen) atoms. The highest BCUT2D eigenvalue weighted by molar-refractivity contribution is 7.98. The maximum Gasteiger partial charge on any atom is 0.254 e. The van der Waals surface area contributed by atoms with Crippen LogP contribution in [0, 0.1) is 0 Å². The molecule has 0 unspecified atom stereocenters. The van der Waals surface area contributed by atoms with Crippen LogP contribution in [0.5, 0.6) is 0 Å². The SMILES string of the molecule is CSCC[C@@H]1NC(=O)c2ccccc2N(C)C1=O. The minimum absolute atomic E-state index is 0.0534. The fourth-order valence-corrected chi connectivity index (χ4v) is 2.51. The van der Waals surface area contributed by atoms with Crippen molar-refractivity contribution in [3.63, 3.8) is 0 Å². The molecule has 1 N–H and O–H groups in total. The molecule has 0 aromatic heterocycles. The summed E-state index contributed by atoms with van der Waals surface area (Å²) in [5.74, 6) is 0.623. The molecule has 5 heteroatoms. The van der Waals surface area contributed by atoms with Gasteiger partial charge in [0, 0.05) is 7.05 Å². The van der Waals surface area contributed by atoms with Crippen LogP contribution in [-0.2, 0) is 4.79 Å². The van der Waals surface area contributed by atoms with Crippen molar-refractivity contribution in [2.75, 3.05) is 24.0 Å². The molecule has 1 aromatic carbocycles. The van der Waals surface area contributed by atoms with Gasteiger partial charge in [0.15, 0.2) is 0 Å². The topological polar surface area (TPSA) is 49.4 Å². The summed E-state index contributed by atoms with van der Waals surface area (Å²) in [6.45, 7) is 0. The number of carbonyl (C=O) groups excluding carboxylic acids is 2. The van der Waals surface area contributed by atoms with E-state index in [1.165, 1.54) is 0 Å². The molecule has 2 rings (SSSR count). The third-order valence-electron chi connectivity index (χ3n) is 3.05. The number of anilines is 1. The number of rotatable bonds is 3. The van der Waals surface area contributed by atoms with E-state index in [4.69, 9.17) is 0 Å². The number of nitrogens with one attached hydrogen (secondary N) is 1. The van der Waals surface area contributed by atoms with Crippen molar-refractivity contribution in [1.82, 2.24) is 5.32 Å². The maximum absolute atomic E-state index is 12.3. The number of thioether (sulfide) groups is 1. The molecule has 1 heterocycles. The molecule has 0 aliphatic carbocycles. The zero-order valence-electron chi connectivity index (χ0n) is 10.5. The van der Waals surface area contributed by atoms with Gasteiger partial charge in [-0.1, -0.05) is 12.1 Å². The Bertz CT molecular complexity index is 476. The minimum atomic E-state index is -0.428. The van der Waals surface area contributed by atoms with Gasteiger partial charge >= 0.3 is 0 Å². The largest absolute Gasteiger partial charge is 0.340 e.